The van der Waals surface area contributed by atoms with Gasteiger partial charge in [-0.3, -0.25) is 14.4 Å². The lowest BCUT2D eigenvalue weighted by atomic mass is 10.4. The van der Waals surface area contributed by atoms with Crippen LogP contribution in [-0.2, 0) is 9.36 Å². The maximum Gasteiger partial charge on any atom is 0.349 e. The number of nitrogens with zero attached hydrogens (tertiary/aromatic N) is 1. The molecular weight excluding hydrogens is 171 g/mol. The first-order chi connectivity index (χ1) is 4.93. The third-order valence-electron chi connectivity index (χ3n) is 1.61. The van der Waals surface area contributed by atoms with E-state index in [0.717, 1.165) is 0 Å². The van der Waals surface area contributed by atoms with Crippen molar-refractivity contribution in [1.29, 1.82) is 0 Å². The van der Waals surface area contributed by atoms with Crippen LogP contribution < -0.4 is 5.84 Å². The van der Waals surface area contributed by atoms with Gasteiger partial charge < -0.3 is 9.79 Å². The standard InChI is InChI=1S/C4H9N2O4P/c5-6-3(7)1-2-4(6)11(8,9)10/h4H,1-2,5H2,(H2,8,9,10)/t4-/m0/s1. The van der Waals surface area contributed by atoms with Crippen LogP contribution in [0.5, 0.6) is 0 Å². The minimum atomic E-state index is -4.23. The molecule has 0 saturated carbocycles. The van der Waals surface area contributed by atoms with Gasteiger partial charge in [0, 0.05) is 6.42 Å². The third-order valence-corrected chi connectivity index (χ3v) is 2.90. The molecule has 0 aromatic carbocycles. The molecule has 64 valence electrons. The lowest BCUT2D eigenvalue weighted by molar-refractivity contribution is -0.128. The largest absolute Gasteiger partial charge is 0.349 e. The second-order valence-electron chi connectivity index (χ2n) is 2.41. The van der Waals surface area contributed by atoms with Crippen LogP contribution >= 0.6 is 7.60 Å². The highest BCUT2D eigenvalue weighted by molar-refractivity contribution is 7.52. The van der Waals surface area contributed by atoms with Gasteiger partial charge in [0.25, 0.3) is 0 Å². The normalized spacial score (nSPS) is 26.3. The quantitative estimate of drug-likeness (QED) is 0.272. The number of hydrogen-bond acceptors (Lipinski definition) is 3. The van der Waals surface area contributed by atoms with E-state index in [9.17, 15) is 9.36 Å². The Kier molecular flexibility index (Phi) is 2.02. The Labute approximate surface area is 63.1 Å². The zero-order valence-corrected chi connectivity index (χ0v) is 6.57. The Morgan fingerprint density at radius 1 is 1.64 bits per heavy atom. The summed E-state index contributed by atoms with van der Waals surface area (Å²) in [5, 5.41) is 0.626. The second kappa shape index (κ2) is 2.57. The molecule has 0 aromatic rings. The van der Waals surface area contributed by atoms with E-state index in [1.54, 1.807) is 0 Å². The number of amides is 1. The smallest absolute Gasteiger partial charge is 0.323 e. The fourth-order valence-electron chi connectivity index (χ4n) is 1.02. The Morgan fingerprint density at radius 2 is 2.18 bits per heavy atom. The van der Waals surface area contributed by atoms with E-state index >= 15 is 0 Å². The molecule has 1 fully saturated rings. The first-order valence-electron chi connectivity index (χ1n) is 3.05. The van der Waals surface area contributed by atoms with Gasteiger partial charge in [-0.1, -0.05) is 0 Å². The summed E-state index contributed by atoms with van der Waals surface area (Å²) in [6.07, 6.45) is 0.256. The first kappa shape index (κ1) is 8.67. The van der Waals surface area contributed by atoms with Crippen LogP contribution in [0.2, 0.25) is 0 Å². The van der Waals surface area contributed by atoms with Gasteiger partial charge in [0.05, 0.1) is 0 Å². The summed E-state index contributed by atoms with van der Waals surface area (Å²) < 4.78 is 10.6. The van der Waals surface area contributed by atoms with Crippen LogP contribution in [0.4, 0.5) is 0 Å². The van der Waals surface area contributed by atoms with Crippen molar-refractivity contribution in [2.24, 2.45) is 5.84 Å². The molecule has 0 unspecified atom stereocenters. The van der Waals surface area contributed by atoms with Gasteiger partial charge in [-0.15, -0.1) is 0 Å². The first-order valence-corrected chi connectivity index (χ1v) is 4.73. The average Bonchev–Trinajstić information content (AvgIpc) is 2.11. The molecule has 4 N–H and O–H groups in total. The van der Waals surface area contributed by atoms with Crippen molar-refractivity contribution in [2.75, 3.05) is 0 Å². The monoisotopic (exact) mass is 180 g/mol. The summed E-state index contributed by atoms with van der Waals surface area (Å²) in [4.78, 5) is 28.0. The van der Waals surface area contributed by atoms with Gasteiger partial charge in [-0.25, -0.2) is 5.84 Å². The van der Waals surface area contributed by atoms with Gasteiger partial charge in [-0.2, -0.15) is 0 Å². The summed E-state index contributed by atoms with van der Waals surface area (Å²) in [7, 11) is -4.23. The molecule has 1 saturated heterocycles. The van der Waals surface area contributed by atoms with Crippen molar-refractivity contribution in [3.05, 3.63) is 0 Å². The maximum absolute atomic E-state index is 10.7. The van der Waals surface area contributed by atoms with Crippen LogP contribution in [0.15, 0.2) is 0 Å². The summed E-state index contributed by atoms with van der Waals surface area (Å²) in [5.74, 6) is 3.57. The predicted molar refractivity (Wildman–Crippen MR) is 36.1 cm³/mol. The topological polar surface area (TPSA) is 104 Å². The molecule has 1 rings (SSSR count). The fraction of sp³-hybridized carbons (Fsp3) is 0.750. The number of hydrazine groups is 1. The van der Waals surface area contributed by atoms with Crippen LogP contribution in [0.1, 0.15) is 12.8 Å². The number of rotatable bonds is 1. The van der Waals surface area contributed by atoms with E-state index in [-0.39, 0.29) is 12.8 Å². The van der Waals surface area contributed by atoms with Crippen molar-refractivity contribution in [2.45, 2.75) is 18.6 Å². The average molecular weight is 180 g/mol. The minimum absolute atomic E-state index is 0.117. The number of carbonyl (C=O) groups excluding carboxylic acids is 1. The Hall–Kier alpha value is -0.420. The molecule has 1 heterocycles. The molecule has 0 aliphatic carbocycles. The van der Waals surface area contributed by atoms with Crippen molar-refractivity contribution in [3.63, 3.8) is 0 Å². The molecule has 7 heteroatoms. The highest BCUT2D eigenvalue weighted by Gasteiger charge is 2.40. The lowest BCUT2D eigenvalue weighted by Gasteiger charge is -2.19. The van der Waals surface area contributed by atoms with E-state index in [4.69, 9.17) is 15.6 Å². The van der Waals surface area contributed by atoms with E-state index in [1.807, 2.05) is 0 Å². The third kappa shape index (κ3) is 1.59. The zero-order valence-electron chi connectivity index (χ0n) is 5.67. The Bertz CT molecular complexity index is 224. The van der Waals surface area contributed by atoms with Gasteiger partial charge in [0.15, 0.2) is 0 Å². The molecule has 0 radical (unpaired) electrons. The molecule has 0 bridgehead atoms. The maximum atomic E-state index is 10.7. The molecule has 0 spiro atoms. The highest BCUT2D eigenvalue weighted by Crippen LogP contribution is 2.46. The van der Waals surface area contributed by atoms with Crippen LogP contribution in [-0.4, -0.2) is 26.5 Å². The lowest BCUT2D eigenvalue weighted by Crippen LogP contribution is -2.38. The molecule has 1 aliphatic rings. The van der Waals surface area contributed by atoms with Gasteiger partial charge in [0.1, 0.15) is 5.78 Å². The van der Waals surface area contributed by atoms with Crippen molar-refractivity contribution < 1.29 is 19.1 Å². The van der Waals surface area contributed by atoms with Crippen molar-refractivity contribution in [1.82, 2.24) is 5.01 Å². The SMILES string of the molecule is NN1C(=O)CC[C@@H]1P(=O)(O)O. The molecule has 1 aliphatic heterocycles. The van der Waals surface area contributed by atoms with Crippen molar-refractivity contribution >= 4 is 13.5 Å². The molecule has 6 nitrogen and oxygen atoms in total. The summed E-state index contributed by atoms with van der Waals surface area (Å²) >= 11 is 0. The molecule has 11 heavy (non-hydrogen) atoms. The van der Waals surface area contributed by atoms with E-state index in [0.29, 0.717) is 5.01 Å². The molecule has 1 amide bonds. The molecular formula is C4H9N2O4P. The summed E-state index contributed by atoms with van der Waals surface area (Å²) in [6.45, 7) is 0. The molecule has 1 atom stereocenters. The van der Waals surface area contributed by atoms with E-state index in [1.165, 1.54) is 0 Å². The van der Waals surface area contributed by atoms with Crippen molar-refractivity contribution in [3.8, 4) is 0 Å². The fourth-order valence-corrected chi connectivity index (χ4v) is 1.94. The number of hydrogen-bond donors (Lipinski definition) is 3. The Balaban J connectivity index is 2.78. The minimum Gasteiger partial charge on any atom is -0.323 e. The zero-order chi connectivity index (χ0) is 8.65. The predicted octanol–water partition coefficient (Wildman–Crippen LogP) is -1.01. The van der Waals surface area contributed by atoms with Gasteiger partial charge in [-0.05, 0) is 6.42 Å². The van der Waals surface area contributed by atoms with E-state index < -0.39 is 19.3 Å². The highest BCUT2D eigenvalue weighted by atomic mass is 31.2. The van der Waals surface area contributed by atoms with E-state index in [2.05, 4.69) is 0 Å². The Morgan fingerprint density at radius 3 is 2.36 bits per heavy atom. The second-order valence-corrected chi connectivity index (χ2v) is 4.18. The number of nitrogens with two attached hydrogens (primary N) is 1. The van der Waals surface area contributed by atoms with Crippen LogP contribution in [0, 0.1) is 0 Å². The van der Waals surface area contributed by atoms with Crippen LogP contribution in [0.3, 0.4) is 0 Å². The van der Waals surface area contributed by atoms with Crippen LogP contribution in [0.25, 0.3) is 0 Å². The summed E-state index contributed by atoms with van der Waals surface area (Å²) in [5.41, 5.74) is 0. The van der Waals surface area contributed by atoms with Gasteiger partial charge >= 0.3 is 7.60 Å². The number of carbonyl (C=O) groups is 1. The van der Waals surface area contributed by atoms with Gasteiger partial charge in [0.2, 0.25) is 5.91 Å². The summed E-state index contributed by atoms with van der Waals surface area (Å²) in [6, 6.07) is 0. The molecule has 0 aromatic heterocycles.